The lowest BCUT2D eigenvalue weighted by Crippen LogP contribution is -2.20. The van der Waals surface area contributed by atoms with E-state index in [-0.39, 0.29) is 5.56 Å². The minimum absolute atomic E-state index is 0.0111. The van der Waals surface area contributed by atoms with Crippen LogP contribution in [0.1, 0.15) is 48.8 Å². The van der Waals surface area contributed by atoms with E-state index in [9.17, 15) is 13.6 Å². The van der Waals surface area contributed by atoms with Crippen LogP contribution in [0.2, 0.25) is 0 Å². The first-order valence-corrected chi connectivity index (χ1v) is 6.07. The fraction of sp³-hybridized carbons (Fsp3) is 0.500. The van der Waals surface area contributed by atoms with Crippen LogP contribution in [-0.2, 0) is 10.3 Å². The lowest BCUT2D eigenvalue weighted by Gasteiger charge is -2.25. The summed E-state index contributed by atoms with van der Waals surface area (Å²) in [6, 6.07) is 4.60. The molecule has 0 aliphatic heterocycles. The van der Waals surface area contributed by atoms with Gasteiger partial charge < -0.3 is 0 Å². The first-order chi connectivity index (χ1) is 8.59. The summed E-state index contributed by atoms with van der Waals surface area (Å²) in [4.78, 5) is 14.6. The smallest absolute Gasteiger partial charge is 0.211 e. The van der Waals surface area contributed by atoms with Gasteiger partial charge in [0.15, 0.2) is 0 Å². The van der Waals surface area contributed by atoms with Crippen LogP contribution in [-0.4, -0.2) is 6.08 Å². The molecule has 2 rings (SSSR count). The van der Waals surface area contributed by atoms with Crippen LogP contribution in [0.15, 0.2) is 23.2 Å². The zero-order valence-corrected chi connectivity index (χ0v) is 10.2. The predicted octanol–water partition coefficient (Wildman–Crippen LogP) is 4.04. The topological polar surface area (TPSA) is 29.4 Å². The Bertz CT molecular complexity index is 487. The van der Waals surface area contributed by atoms with E-state index in [1.54, 1.807) is 12.1 Å². The minimum Gasteiger partial charge on any atom is -0.211 e. The third-order valence-corrected chi connectivity index (χ3v) is 3.71. The Morgan fingerprint density at radius 3 is 2.56 bits per heavy atom. The van der Waals surface area contributed by atoms with Crippen molar-refractivity contribution in [2.45, 2.75) is 44.6 Å². The van der Waals surface area contributed by atoms with Gasteiger partial charge in [-0.15, -0.1) is 0 Å². The third kappa shape index (κ3) is 2.21. The van der Waals surface area contributed by atoms with Crippen molar-refractivity contribution in [2.24, 2.45) is 4.99 Å². The SMILES string of the molecule is Cc1ccc(C(F)F)cc1C1(N=C=O)CCCC1. The normalized spacial score (nSPS) is 17.8. The molecule has 0 spiro atoms. The highest BCUT2D eigenvalue weighted by Crippen LogP contribution is 2.44. The fourth-order valence-corrected chi connectivity index (χ4v) is 2.77. The molecule has 18 heavy (non-hydrogen) atoms. The van der Waals surface area contributed by atoms with Gasteiger partial charge in [-0.3, -0.25) is 0 Å². The van der Waals surface area contributed by atoms with E-state index in [1.807, 2.05) is 6.92 Å². The molecule has 1 fully saturated rings. The summed E-state index contributed by atoms with van der Waals surface area (Å²) < 4.78 is 25.5. The molecule has 0 heterocycles. The van der Waals surface area contributed by atoms with E-state index >= 15 is 0 Å². The van der Waals surface area contributed by atoms with E-state index < -0.39 is 12.0 Å². The Hall–Kier alpha value is -1.54. The second kappa shape index (κ2) is 4.99. The molecule has 0 radical (unpaired) electrons. The van der Waals surface area contributed by atoms with Crippen molar-refractivity contribution in [1.29, 1.82) is 0 Å². The van der Waals surface area contributed by atoms with Crippen molar-refractivity contribution in [1.82, 2.24) is 0 Å². The van der Waals surface area contributed by atoms with Crippen LogP contribution in [0.3, 0.4) is 0 Å². The van der Waals surface area contributed by atoms with Crippen molar-refractivity contribution < 1.29 is 13.6 Å². The summed E-state index contributed by atoms with van der Waals surface area (Å²) in [6.07, 6.45) is 2.50. The van der Waals surface area contributed by atoms with Gasteiger partial charge in [-0.2, -0.15) is 4.99 Å². The van der Waals surface area contributed by atoms with E-state index in [4.69, 9.17) is 0 Å². The number of aliphatic imine (C=N–C) groups is 1. The van der Waals surface area contributed by atoms with Gasteiger partial charge in [0.25, 0.3) is 6.43 Å². The van der Waals surface area contributed by atoms with Crippen LogP contribution >= 0.6 is 0 Å². The summed E-state index contributed by atoms with van der Waals surface area (Å²) in [5.74, 6) is 0. The maximum Gasteiger partial charge on any atom is 0.263 e. The maximum atomic E-state index is 12.8. The molecule has 0 saturated heterocycles. The number of alkyl halides is 2. The van der Waals surface area contributed by atoms with E-state index in [0.717, 1.165) is 36.8 Å². The Balaban J connectivity index is 2.53. The van der Waals surface area contributed by atoms with Gasteiger partial charge in [0.05, 0.1) is 5.54 Å². The number of isocyanates is 1. The van der Waals surface area contributed by atoms with Gasteiger partial charge in [-0.1, -0.05) is 25.0 Å². The summed E-state index contributed by atoms with van der Waals surface area (Å²) >= 11 is 0. The van der Waals surface area contributed by atoms with Crippen LogP contribution < -0.4 is 0 Å². The number of nitrogens with zero attached hydrogens (tertiary/aromatic N) is 1. The number of rotatable bonds is 3. The molecule has 1 aliphatic carbocycles. The van der Waals surface area contributed by atoms with Gasteiger partial charge in [-0.05, 0) is 37.0 Å². The first kappa shape index (κ1) is 12.9. The van der Waals surface area contributed by atoms with Crippen molar-refractivity contribution in [2.75, 3.05) is 0 Å². The van der Waals surface area contributed by atoms with Crippen molar-refractivity contribution in [3.63, 3.8) is 0 Å². The number of carbonyl (C=O) groups excluding carboxylic acids is 1. The molecule has 1 saturated carbocycles. The van der Waals surface area contributed by atoms with Gasteiger partial charge >= 0.3 is 0 Å². The largest absolute Gasteiger partial charge is 0.263 e. The molecule has 1 aliphatic rings. The van der Waals surface area contributed by atoms with Crippen molar-refractivity contribution in [3.8, 4) is 0 Å². The molecule has 96 valence electrons. The molecule has 0 N–H and O–H groups in total. The molecule has 0 bridgehead atoms. The number of hydrogen-bond donors (Lipinski definition) is 0. The molecule has 0 unspecified atom stereocenters. The number of hydrogen-bond acceptors (Lipinski definition) is 2. The van der Waals surface area contributed by atoms with Crippen molar-refractivity contribution >= 4 is 6.08 Å². The molecule has 0 atom stereocenters. The van der Waals surface area contributed by atoms with Crippen LogP contribution in [0.4, 0.5) is 8.78 Å². The minimum atomic E-state index is -2.50. The predicted molar refractivity (Wildman–Crippen MR) is 64.4 cm³/mol. The quantitative estimate of drug-likeness (QED) is 0.589. The Morgan fingerprint density at radius 1 is 1.33 bits per heavy atom. The lowest BCUT2D eigenvalue weighted by atomic mass is 9.85. The monoisotopic (exact) mass is 251 g/mol. The zero-order chi connectivity index (χ0) is 13.2. The van der Waals surface area contributed by atoms with Gasteiger partial charge in [-0.25, -0.2) is 13.6 Å². The molecule has 1 aromatic carbocycles. The number of benzene rings is 1. The number of aryl methyl sites for hydroxylation is 1. The molecule has 0 amide bonds. The van der Waals surface area contributed by atoms with E-state index in [2.05, 4.69) is 4.99 Å². The Labute approximate surface area is 105 Å². The third-order valence-electron chi connectivity index (χ3n) is 3.71. The second-order valence-electron chi connectivity index (χ2n) is 4.82. The fourth-order valence-electron chi connectivity index (χ4n) is 2.77. The highest BCUT2D eigenvalue weighted by atomic mass is 19.3. The Morgan fingerprint density at radius 2 is 2.00 bits per heavy atom. The highest BCUT2D eigenvalue weighted by Gasteiger charge is 2.37. The summed E-state index contributed by atoms with van der Waals surface area (Å²) in [5, 5.41) is 0. The molecule has 2 nitrogen and oxygen atoms in total. The van der Waals surface area contributed by atoms with Crippen molar-refractivity contribution in [3.05, 3.63) is 34.9 Å². The van der Waals surface area contributed by atoms with Crippen LogP contribution in [0, 0.1) is 6.92 Å². The Kier molecular flexibility index (Phi) is 3.58. The van der Waals surface area contributed by atoms with E-state index in [1.165, 1.54) is 12.1 Å². The summed E-state index contributed by atoms with van der Waals surface area (Å²) in [6.45, 7) is 1.87. The van der Waals surface area contributed by atoms with Crippen LogP contribution in [0.25, 0.3) is 0 Å². The maximum absolute atomic E-state index is 12.8. The molecular formula is C14H15F2NO. The number of halogens is 2. The summed E-state index contributed by atoms with van der Waals surface area (Å²) in [5.41, 5.74) is 1.01. The average molecular weight is 251 g/mol. The van der Waals surface area contributed by atoms with E-state index in [0.29, 0.717) is 0 Å². The molecule has 1 aromatic rings. The second-order valence-corrected chi connectivity index (χ2v) is 4.82. The lowest BCUT2D eigenvalue weighted by molar-refractivity contribution is 0.151. The highest BCUT2D eigenvalue weighted by molar-refractivity contribution is 5.43. The molecule has 4 heteroatoms. The zero-order valence-electron chi connectivity index (χ0n) is 10.2. The van der Waals surface area contributed by atoms with Gasteiger partial charge in [0, 0.05) is 5.56 Å². The standard InChI is InChI=1S/C14H15F2NO/c1-10-4-5-11(13(15)16)8-12(10)14(17-9-18)6-2-3-7-14/h4-5,8,13H,2-3,6-7H2,1H3. The molecule has 0 aromatic heterocycles. The average Bonchev–Trinajstić information content (AvgIpc) is 2.79. The van der Waals surface area contributed by atoms with Gasteiger partial charge in [0.1, 0.15) is 0 Å². The van der Waals surface area contributed by atoms with Crippen LogP contribution in [0.5, 0.6) is 0 Å². The first-order valence-electron chi connectivity index (χ1n) is 6.07. The summed E-state index contributed by atoms with van der Waals surface area (Å²) in [7, 11) is 0. The molecular weight excluding hydrogens is 236 g/mol. The van der Waals surface area contributed by atoms with Gasteiger partial charge in [0.2, 0.25) is 6.08 Å².